The summed E-state index contributed by atoms with van der Waals surface area (Å²) >= 11 is 0. The molecule has 24 heavy (non-hydrogen) atoms. The number of benzene rings is 2. The highest BCUT2D eigenvalue weighted by Gasteiger charge is 2.13. The summed E-state index contributed by atoms with van der Waals surface area (Å²) in [6.45, 7) is 1.89. The summed E-state index contributed by atoms with van der Waals surface area (Å²) in [6.07, 6.45) is 0. The van der Waals surface area contributed by atoms with E-state index in [0.717, 1.165) is 5.56 Å². The Morgan fingerprint density at radius 2 is 1.54 bits per heavy atom. The molecule has 2 rings (SSSR count). The lowest BCUT2D eigenvalue weighted by atomic mass is 10.2. The first-order valence-electron chi connectivity index (χ1n) is 6.89. The Kier molecular flexibility index (Phi) is 5.05. The lowest BCUT2D eigenvalue weighted by Gasteiger charge is -2.08. The van der Waals surface area contributed by atoms with Crippen LogP contribution >= 0.6 is 0 Å². The number of sulfonamides is 1. The molecule has 0 fully saturated rings. The lowest BCUT2D eigenvalue weighted by molar-refractivity contribution is 0.601. The van der Waals surface area contributed by atoms with E-state index in [-0.39, 0.29) is 16.8 Å². The van der Waals surface area contributed by atoms with E-state index in [0.29, 0.717) is 11.4 Å². The molecule has 0 saturated carbocycles. The highest BCUT2D eigenvalue weighted by Crippen LogP contribution is 2.20. The molecule has 0 aliphatic heterocycles. The summed E-state index contributed by atoms with van der Waals surface area (Å²) < 4.78 is 27.1. The normalized spacial score (nSPS) is 11.8. The van der Waals surface area contributed by atoms with Crippen LogP contribution in [-0.2, 0) is 10.0 Å². The minimum atomic E-state index is -3.65. The zero-order valence-corrected chi connectivity index (χ0v) is 13.8. The number of aryl methyl sites for hydroxylation is 1. The smallest absolute Gasteiger partial charge is 0.261 e. The van der Waals surface area contributed by atoms with Gasteiger partial charge in [0.25, 0.3) is 10.0 Å². The van der Waals surface area contributed by atoms with Crippen LogP contribution in [0.5, 0.6) is 0 Å². The number of guanidine groups is 2. The minimum Gasteiger partial charge on any atom is -0.370 e. The third-order valence-electron chi connectivity index (χ3n) is 2.94. The van der Waals surface area contributed by atoms with Gasteiger partial charge in [0.1, 0.15) is 0 Å². The van der Waals surface area contributed by atoms with Crippen LogP contribution in [0.15, 0.2) is 63.4 Å². The molecule has 0 radical (unpaired) electrons. The molecule has 2 aromatic carbocycles. The molecule has 0 aliphatic carbocycles. The molecular weight excluding hydrogens is 328 g/mol. The maximum absolute atomic E-state index is 12.3. The Morgan fingerprint density at radius 1 is 0.958 bits per heavy atom. The second-order valence-corrected chi connectivity index (χ2v) is 6.65. The molecule has 0 aromatic heterocycles. The van der Waals surface area contributed by atoms with Gasteiger partial charge in [0.05, 0.1) is 10.6 Å². The molecule has 0 saturated heterocycles. The molecule has 2 aromatic rings. The van der Waals surface area contributed by atoms with Crippen LogP contribution in [-0.4, -0.2) is 20.3 Å². The Balaban J connectivity index is 2.17. The van der Waals surface area contributed by atoms with Crippen molar-refractivity contribution in [3.63, 3.8) is 0 Å². The molecular formula is C15H18N6O2S. The summed E-state index contributed by atoms with van der Waals surface area (Å²) in [5.74, 6) is -0.290. The van der Waals surface area contributed by atoms with E-state index in [4.69, 9.17) is 17.2 Å². The van der Waals surface area contributed by atoms with Gasteiger partial charge in [-0.1, -0.05) is 17.7 Å². The molecule has 9 heteroatoms. The number of nitrogens with zero attached hydrogens (tertiary/aromatic N) is 2. The van der Waals surface area contributed by atoms with Crippen molar-refractivity contribution in [1.29, 1.82) is 0 Å². The van der Waals surface area contributed by atoms with Crippen LogP contribution < -0.4 is 21.9 Å². The van der Waals surface area contributed by atoms with E-state index >= 15 is 0 Å². The van der Waals surface area contributed by atoms with Crippen molar-refractivity contribution in [1.82, 2.24) is 0 Å². The second kappa shape index (κ2) is 7.01. The fraction of sp³-hybridized carbons (Fsp3) is 0.0667. The van der Waals surface area contributed by atoms with Gasteiger partial charge in [0.15, 0.2) is 5.96 Å². The van der Waals surface area contributed by atoms with E-state index in [1.807, 2.05) is 6.92 Å². The number of anilines is 1. The fourth-order valence-corrected chi connectivity index (χ4v) is 2.88. The van der Waals surface area contributed by atoms with Gasteiger partial charge in [-0.15, -0.1) is 0 Å². The number of rotatable bonds is 4. The third kappa shape index (κ3) is 4.71. The first-order chi connectivity index (χ1) is 11.3. The number of hydrogen-bond acceptors (Lipinski definition) is 3. The van der Waals surface area contributed by atoms with Gasteiger partial charge in [-0.2, -0.15) is 4.99 Å². The van der Waals surface area contributed by atoms with Crippen LogP contribution in [0.3, 0.4) is 0 Å². The van der Waals surface area contributed by atoms with Gasteiger partial charge in [-0.25, -0.2) is 13.4 Å². The zero-order valence-electron chi connectivity index (χ0n) is 13.0. The van der Waals surface area contributed by atoms with Gasteiger partial charge >= 0.3 is 0 Å². The minimum absolute atomic E-state index is 0.0945. The SMILES string of the molecule is Cc1ccc(S(=O)(=O)Nc2ccc(N=C(N)N=C(N)N)cc2)cc1. The summed E-state index contributed by atoms with van der Waals surface area (Å²) in [6, 6.07) is 12.9. The van der Waals surface area contributed by atoms with E-state index in [1.165, 1.54) is 0 Å². The van der Waals surface area contributed by atoms with Gasteiger partial charge in [0, 0.05) is 5.69 Å². The van der Waals surface area contributed by atoms with E-state index < -0.39 is 10.0 Å². The molecule has 0 bridgehead atoms. The van der Waals surface area contributed by atoms with Crippen molar-refractivity contribution >= 4 is 33.3 Å². The Labute approximate surface area is 140 Å². The first-order valence-corrected chi connectivity index (χ1v) is 8.38. The quantitative estimate of drug-likeness (QED) is 0.481. The zero-order chi connectivity index (χ0) is 17.7. The maximum Gasteiger partial charge on any atom is 0.261 e. The van der Waals surface area contributed by atoms with Gasteiger partial charge in [-0.3, -0.25) is 4.72 Å². The summed E-state index contributed by atoms with van der Waals surface area (Å²) in [5, 5.41) is 0. The average Bonchev–Trinajstić information content (AvgIpc) is 2.48. The molecule has 0 atom stereocenters. The largest absolute Gasteiger partial charge is 0.370 e. The van der Waals surface area contributed by atoms with E-state index in [9.17, 15) is 8.42 Å². The fourth-order valence-electron chi connectivity index (χ4n) is 1.83. The Hall–Kier alpha value is -3.07. The second-order valence-electron chi connectivity index (χ2n) is 4.97. The van der Waals surface area contributed by atoms with Crippen molar-refractivity contribution in [2.24, 2.45) is 27.2 Å². The van der Waals surface area contributed by atoms with Crippen LogP contribution in [0.4, 0.5) is 11.4 Å². The molecule has 126 valence electrons. The summed E-state index contributed by atoms with van der Waals surface area (Å²) in [7, 11) is -3.65. The standard InChI is InChI=1S/C15H18N6O2S/c1-10-2-8-13(9-3-10)24(22,23)21-12-6-4-11(5-7-12)19-15(18)20-14(16)17/h2-9,21H,1H3,(H6,16,17,18,19,20). The van der Waals surface area contributed by atoms with E-state index in [2.05, 4.69) is 14.7 Å². The highest BCUT2D eigenvalue weighted by molar-refractivity contribution is 7.92. The molecule has 0 heterocycles. The summed E-state index contributed by atoms with van der Waals surface area (Å²) in [5.41, 5.74) is 17.8. The maximum atomic E-state index is 12.3. The lowest BCUT2D eigenvalue weighted by Crippen LogP contribution is -2.26. The average molecular weight is 346 g/mol. The predicted octanol–water partition coefficient (Wildman–Crippen LogP) is 1.02. The van der Waals surface area contributed by atoms with Gasteiger partial charge in [-0.05, 0) is 43.3 Å². The topological polar surface area (TPSA) is 149 Å². The highest BCUT2D eigenvalue weighted by atomic mass is 32.2. The van der Waals surface area contributed by atoms with Gasteiger partial charge < -0.3 is 17.2 Å². The van der Waals surface area contributed by atoms with Crippen molar-refractivity contribution < 1.29 is 8.42 Å². The number of hydrogen-bond donors (Lipinski definition) is 4. The third-order valence-corrected chi connectivity index (χ3v) is 4.34. The molecule has 0 unspecified atom stereocenters. The van der Waals surface area contributed by atoms with E-state index in [1.54, 1.807) is 48.5 Å². The predicted molar refractivity (Wildman–Crippen MR) is 95.5 cm³/mol. The Morgan fingerprint density at radius 3 is 2.08 bits per heavy atom. The van der Waals surface area contributed by atoms with Gasteiger partial charge in [0.2, 0.25) is 5.96 Å². The monoisotopic (exact) mass is 346 g/mol. The number of nitrogens with two attached hydrogens (primary N) is 3. The van der Waals surface area contributed by atoms with Crippen LogP contribution in [0.1, 0.15) is 5.56 Å². The number of aliphatic imine (C=N–C) groups is 2. The molecule has 0 amide bonds. The van der Waals surface area contributed by atoms with Crippen LogP contribution in [0.25, 0.3) is 0 Å². The molecule has 0 spiro atoms. The van der Waals surface area contributed by atoms with Crippen LogP contribution in [0, 0.1) is 6.92 Å². The van der Waals surface area contributed by atoms with Crippen molar-refractivity contribution in [3.8, 4) is 0 Å². The van der Waals surface area contributed by atoms with Crippen molar-refractivity contribution in [2.75, 3.05) is 4.72 Å². The number of nitrogens with one attached hydrogen (secondary N) is 1. The van der Waals surface area contributed by atoms with Crippen LogP contribution in [0.2, 0.25) is 0 Å². The summed E-state index contributed by atoms with van der Waals surface area (Å²) in [4.78, 5) is 7.75. The van der Waals surface area contributed by atoms with Crippen molar-refractivity contribution in [2.45, 2.75) is 11.8 Å². The molecule has 8 nitrogen and oxygen atoms in total. The molecule has 0 aliphatic rings. The Bertz CT molecular complexity index is 867. The first kappa shape index (κ1) is 17.3. The molecule has 7 N–H and O–H groups in total. The van der Waals surface area contributed by atoms with Crippen molar-refractivity contribution in [3.05, 3.63) is 54.1 Å².